The average molecular weight is 244 g/mol. The van der Waals surface area contributed by atoms with Gasteiger partial charge in [-0.2, -0.15) is 0 Å². The Kier molecular flexibility index (Phi) is 3.49. The van der Waals surface area contributed by atoms with Gasteiger partial charge in [-0.1, -0.05) is 42.0 Å². The summed E-state index contributed by atoms with van der Waals surface area (Å²) in [4.78, 5) is 12.5. The molecule has 2 aromatic carbocycles. The zero-order valence-corrected chi connectivity index (χ0v) is 10.2. The molecule has 1 unspecified atom stereocenters. The molecule has 0 aliphatic heterocycles. The fourth-order valence-corrected chi connectivity index (χ4v) is 2.49. The third-order valence-corrected chi connectivity index (χ3v) is 3.65. The summed E-state index contributed by atoms with van der Waals surface area (Å²) >= 11 is 0. The number of carbonyl (C=O) groups is 1. The largest absolute Gasteiger partial charge is 0.278 e. The molecule has 0 fully saturated rings. The lowest BCUT2D eigenvalue weighted by molar-refractivity contribution is 0.108. The molecule has 0 heterocycles. The van der Waals surface area contributed by atoms with Crippen molar-refractivity contribution in [1.82, 2.24) is 0 Å². The Bertz CT molecular complexity index is 561. The highest BCUT2D eigenvalue weighted by Gasteiger charge is 2.15. The first kappa shape index (κ1) is 11.7. The first-order valence-electron chi connectivity index (χ1n) is 5.26. The summed E-state index contributed by atoms with van der Waals surface area (Å²) in [5, 5.41) is -0.347. The third-order valence-electron chi connectivity index (χ3n) is 2.38. The van der Waals surface area contributed by atoms with Crippen molar-refractivity contribution in [3.8, 4) is 0 Å². The van der Waals surface area contributed by atoms with Crippen molar-refractivity contribution in [3.63, 3.8) is 0 Å². The molecule has 0 bridgehead atoms. The molecule has 2 rings (SSSR count). The van der Waals surface area contributed by atoms with Gasteiger partial charge in [0.2, 0.25) is 0 Å². The standard InChI is InChI=1S/C14H12O2S/c1-11-6-5-7-12(10-11)14(15)17(16)13-8-3-2-4-9-13/h2-10H,1H3. The van der Waals surface area contributed by atoms with E-state index in [-0.39, 0.29) is 5.12 Å². The van der Waals surface area contributed by atoms with Gasteiger partial charge in [-0.05, 0) is 25.1 Å². The number of carbonyl (C=O) groups excluding carboxylic acids is 1. The van der Waals surface area contributed by atoms with E-state index in [0.717, 1.165) is 5.56 Å². The van der Waals surface area contributed by atoms with Gasteiger partial charge < -0.3 is 0 Å². The van der Waals surface area contributed by atoms with Crippen molar-refractivity contribution < 1.29 is 9.00 Å². The number of benzene rings is 2. The van der Waals surface area contributed by atoms with Crippen molar-refractivity contribution >= 4 is 15.9 Å². The van der Waals surface area contributed by atoms with Crippen molar-refractivity contribution in [2.75, 3.05) is 0 Å². The quantitative estimate of drug-likeness (QED) is 0.814. The first-order valence-corrected chi connectivity index (χ1v) is 6.41. The zero-order chi connectivity index (χ0) is 12.3. The number of rotatable bonds is 2. The molecule has 2 nitrogen and oxygen atoms in total. The maximum Gasteiger partial charge on any atom is 0.253 e. The van der Waals surface area contributed by atoms with E-state index >= 15 is 0 Å². The summed E-state index contributed by atoms with van der Waals surface area (Å²) in [6.45, 7) is 1.90. The van der Waals surface area contributed by atoms with E-state index < -0.39 is 10.8 Å². The molecule has 0 aliphatic rings. The van der Waals surface area contributed by atoms with Gasteiger partial charge >= 0.3 is 0 Å². The van der Waals surface area contributed by atoms with Crippen LogP contribution in [0.2, 0.25) is 0 Å². The summed E-state index contributed by atoms with van der Waals surface area (Å²) in [7, 11) is -1.63. The fourth-order valence-electron chi connectivity index (χ4n) is 1.53. The minimum atomic E-state index is -1.63. The molecule has 17 heavy (non-hydrogen) atoms. The highest BCUT2D eigenvalue weighted by Crippen LogP contribution is 2.13. The SMILES string of the molecule is Cc1cccc(C(=O)S(=O)c2ccccc2)c1. The Labute approximate surface area is 103 Å². The van der Waals surface area contributed by atoms with Crippen LogP contribution in [0.4, 0.5) is 0 Å². The Morgan fingerprint density at radius 2 is 1.71 bits per heavy atom. The molecule has 3 heteroatoms. The van der Waals surface area contributed by atoms with Gasteiger partial charge in [-0.25, -0.2) is 4.21 Å². The lowest BCUT2D eigenvalue weighted by Gasteiger charge is -2.02. The predicted octanol–water partition coefficient (Wildman–Crippen LogP) is 2.94. The van der Waals surface area contributed by atoms with Gasteiger partial charge in [0, 0.05) is 10.5 Å². The van der Waals surface area contributed by atoms with Crippen molar-refractivity contribution in [2.24, 2.45) is 0 Å². The van der Waals surface area contributed by atoms with Crippen LogP contribution in [0.1, 0.15) is 15.9 Å². The topological polar surface area (TPSA) is 34.1 Å². The van der Waals surface area contributed by atoms with Gasteiger partial charge in [0.15, 0.2) is 0 Å². The molecule has 0 N–H and O–H groups in total. The summed E-state index contributed by atoms with van der Waals surface area (Å²) < 4.78 is 12.0. The number of aryl methyl sites for hydroxylation is 1. The molecular weight excluding hydrogens is 232 g/mol. The van der Waals surface area contributed by atoms with E-state index in [4.69, 9.17) is 0 Å². The molecule has 1 atom stereocenters. The Balaban J connectivity index is 2.30. The van der Waals surface area contributed by atoms with Gasteiger partial charge in [0.05, 0.1) is 0 Å². The summed E-state index contributed by atoms with van der Waals surface area (Å²) in [6.07, 6.45) is 0. The second-order valence-corrected chi connectivity index (χ2v) is 5.12. The number of hydrogen-bond acceptors (Lipinski definition) is 2. The van der Waals surface area contributed by atoms with Crippen LogP contribution in [-0.4, -0.2) is 9.32 Å². The Morgan fingerprint density at radius 1 is 1.00 bits per heavy atom. The lowest BCUT2D eigenvalue weighted by atomic mass is 10.2. The van der Waals surface area contributed by atoms with E-state index in [1.165, 1.54) is 0 Å². The molecule has 0 amide bonds. The smallest absolute Gasteiger partial charge is 0.253 e. The normalized spacial score (nSPS) is 12.1. The predicted molar refractivity (Wildman–Crippen MR) is 68.4 cm³/mol. The monoisotopic (exact) mass is 244 g/mol. The first-order chi connectivity index (χ1) is 8.18. The van der Waals surface area contributed by atoms with E-state index in [1.54, 1.807) is 42.5 Å². The zero-order valence-electron chi connectivity index (χ0n) is 9.42. The van der Waals surface area contributed by atoms with Crippen molar-refractivity contribution in [1.29, 1.82) is 0 Å². The summed E-state index contributed by atoms with van der Waals surface area (Å²) in [5.74, 6) is 0. The van der Waals surface area contributed by atoms with Crippen LogP contribution in [0.3, 0.4) is 0 Å². The van der Waals surface area contributed by atoms with E-state index in [9.17, 15) is 9.00 Å². The highest BCUT2D eigenvalue weighted by molar-refractivity contribution is 8.00. The Hall–Kier alpha value is -1.74. The van der Waals surface area contributed by atoms with Crippen LogP contribution in [0.15, 0.2) is 59.5 Å². The second kappa shape index (κ2) is 5.06. The average Bonchev–Trinajstić information content (AvgIpc) is 2.38. The molecule has 0 saturated heterocycles. The molecular formula is C14H12O2S. The van der Waals surface area contributed by atoms with Crippen LogP contribution in [0.5, 0.6) is 0 Å². The van der Waals surface area contributed by atoms with Crippen LogP contribution in [0, 0.1) is 6.92 Å². The lowest BCUT2D eigenvalue weighted by Crippen LogP contribution is -2.08. The van der Waals surface area contributed by atoms with Crippen molar-refractivity contribution in [3.05, 3.63) is 65.7 Å². The van der Waals surface area contributed by atoms with Gasteiger partial charge in [0.1, 0.15) is 10.8 Å². The number of hydrogen-bond donors (Lipinski definition) is 0. The van der Waals surface area contributed by atoms with Crippen LogP contribution >= 0.6 is 0 Å². The van der Waals surface area contributed by atoms with Gasteiger partial charge in [0.25, 0.3) is 5.12 Å². The molecule has 0 spiro atoms. The highest BCUT2D eigenvalue weighted by atomic mass is 32.2. The minimum Gasteiger partial charge on any atom is -0.278 e. The van der Waals surface area contributed by atoms with E-state index in [2.05, 4.69) is 0 Å². The maximum absolute atomic E-state index is 12.0. The molecule has 0 saturated carbocycles. The fraction of sp³-hybridized carbons (Fsp3) is 0.0714. The Morgan fingerprint density at radius 3 is 2.35 bits per heavy atom. The van der Waals surface area contributed by atoms with E-state index in [1.807, 2.05) is 19.1 Å². The summed E-state index contributed by atoms with van der Waals surface area (Å²) in [6, 6.07) is 15.9. The molecule has 0 aromatic heterocycles. The molecule has 0 radical (unpaired) electrons. The maximum atomic E-state index is 12.0. The third kappa shape index (κ3) is 2.68. The summed E-state index contributed by atoms with van der Waals surface area (Å²) in [5.41, 5.74) is 1.48. The second-order valence-electron chi connectivity index (χ2n) is 3.74. The molecule has 86 valence electrons. The van der Waals surface area contributed by atoms with Gasteiger partial charge in [-0.3, -0.25) is 4.79 Å². The van der Waals surface area contributed by atoms with Crippen LogP contribution in [0.25, 0.3) is 0 Å². The van der Waals surface area contributed by atoms with Crippen LogP contribution in [-0.2, 0) is 10.8 Å². The van der Waals surface area contributed by atoms with Gasteiger partial charge in [-0.15, -0.1) is 0 Å². The van der Waals surface area contributed by atoms with Crippen molar-refractivity contribution in [2.45, 2.75) is 11.8 Å². The van der Waals surface area contributed by atoms with E-state index in [0.29, 0.717) is 10.5 Å². The molecule has 0 aliphatic carbocycles. The van der Waals surface area contributed by atoms with Crippen LogP contribution < -0.4 is 0 Å². The minimum absolute atomic E-state index is 0.347. The molecule has 2 aromatic rings.